The third-order valence-electron chi connectivity index (χ3n) is 2.12. The fourth-order valence-electron chi connectivity index (χ4n) is 1.26. The van der Waals surface area contributed by atoms with Crippen LogP contribution in [0.1, 0.15) is 11.7 Å². The van der Waals surface area contributed by atoms with E-state index in [0.29, 0.717) is 18.7 Å². The smallest absolute Gasteiger partial charge is 0.269 e. The van der Waals surface area contributed by atoms with Crippen LogP contribution in [-0.2, 0) is 0 Å². The van der Waals surface area contributed by atoms with Crippen LogP contribution >= 0.6 is 0 Å². The Hall–Kier alpha value is -1.72. The number of benzene rings is 1. The second-order valence-electron chi connectivity index (χ2n) is 3.31. The van der Waals surface area contributed by atoms with Crippen molar-refractivity contribution in [1.82, 2.24) is 5.32 Å². The van der Waals surface area contributed by atoms with Crippen molar-refractivity contribution in [1.29, 1.82) is 0 Å². The van der Waals surface area contributed by atoms with Crippen LogP contribution in [0, 0.1) is 10.1 Å². The second kappa shape index (κ2) is 5.99. The van der Waals surface area contributed by atoms with Crippen molar-refractivity contribution in [2.45, 2.75) is 6.10 Å². The summed E-state index contributed by atoms with van der Waals surface area (Å²) in [6, 6.07) is 5.87. The van der Waals surface area contributed by atoms with E-state index in [4.69, 9.17) is 0 Å². The summed E-state index contributed by atoms with van der Waals surface area (Å²) < 4.78 is 0. The largest absolute Gasteiger partial charge is 0.387 e. The zero-order valence-electron chi connectivity index (χ0n) is 8.80. The van der Waals surface area contributed by atoms with E-state index < -0.39 is 11.0 Å². The van der Waals surface area contributed by atoms with Gasteiger partial charge in [0.25, 0.3) is 5.69 Å². The number of hydrogen-bond acceptors (Lipinski definition) is 4. The molecule has 86 valence electrons. The van der Waals surface area contributed by atoms with Gasteiger partial charge in [-0.2, -0.15) is 0 Å². The van der Waals surface area contributed by atoms with Crippen LogP contribution in [0.25, 0.3) is 0 Å². The highest BCUT2D eigenvalue weighted by molar-refractivity contribution is 5.33. The summed E-state index contributed by atoms with van der Waals surface area (Å²) in [7, 11) is 0. The highest BCUT2D eigenvalue weighted by atomic mass is 16.6. The first-order chi connectivity index (χ1) is 7.65. The molecule has 1 aromatic rings. The molecule has 1 rings (SSSR count). The molecule has 0 radical (unpaired) electrons. The van der Waals surface area contributed by atoms with Crippen LogP contribution in [0.3, 0.4) is 0 Å². The Kier molecular flexibility index (Phi) is 4.63. The lowest BCUT2D eigenvalue weighted by molar-refractivity contribution is -0.384. The molecule has 5 nitrogen and oxygen atoms in total. The second-order valence-corrected chi connectivity index (χ2v) is 3.31. The van der Waals surface area contributed by atoms with E-state index in [1.54, 1.807) is 18.2 Å². The quantitative estimate of drug-likeness (QED) is 0.330. The number of nitrogens with zero attached hydrogens (tertiary/aromatic N) is 1. The lowest BCUT2D eigenvalue weighted by Gasteiger charge is -2.10. The standard InChI is InChI=1S/C11H14N2O3/c1-2-7-12-8-11(14)9-3-5-10(6-4-9)13(15)16/h2-6,11-12,14H,1,7-8H2. The normalized spacial score (nSPS) is 12.1. The van der Waals surface area contributed by atoms with Crippen LogP contribution < -0.4 is 5.32 Å². The van der Waals surface area contributed by atoms with Crippen molar-refractivity contribution < 1.29 is 10.0 Å². The van der Waals surface area contributed by atoms with E-state index in [1.807, 2.05) is 0 Å². The van der Waals surface area contributed by atoms with Crippen molar-refractivity contribution in [3.8, 4) is 0 Å². The Morgan fingerprint density at radius 3 is 2.62 bits per heavy atom. The molecule has 0 aliphatic rings. The molecule has 0 spiro atoms. The lowest BCUT2D eigenvalue weighted by Crippen LogP contribution is -2.21. The predicted octanol–water partition coefficient (Wildman–Crippen LogP) is 1.40. The Morgan fingerprint density at radius 2 is 2.12 bits per heavy atom. The third-order valence-corrected chi connectivity index (χ3v) is 2.12. The Labute approximate surface area is 93.6 Å². The maximum absolute atomic E-state index is 10.4. The molecule has 0 saturated heterocycles. The van der Waals surface area contributed by atoms with Crippen molar-refractivity contribution in [2.24, 2.45) is 0 Å². The maximum Gasteiger partial charge on any atom is 0.269 e. The number of nitrogens with one attached hydrogen (secondary N) is 1. The Balaban J connectivity index is 2.59. The van der Waals surface area contributed by atoms with E-state index in [-0.39, 0.29) is 5.69 Å². The van der Waals surface area contributed by atoms with Gasteiger partial charge in [-0.15, -0.1) is 6.58 Å². The summed E-state index contributed by atoms with van der Waals surface area (Å²) in [5.74, 6) is 0. The average molecular weight is 222 g/mol. The molecule has 0 bridgehead atoms. The molecular weight excluding hydrogens is 208 g/mol. The number of aliphatic hydroxyl groups excluding tert-OH is 1. The molecule has 0 aromatic heterocycles. The molecule has 0 aliphatic carbocycles. The van der Waals surface area contributed by atoms with Crippen LogP contribution in [0.15, 0.2) is 36.9 Å². The summed E-state index contributed by atoms with van der Waals surface area (Å²) in [5.41, 5.74) is 0.678. The first-order valence-electron chi connectivity index (χ1n) is 4.89. The van der Waals surface area contributed by atoms with Gasteiger partial charge in [-0.3, -0.25) is 10.1 Å². The first-order valence-corrected chi connectivity index (χ1v) is 4.89. The third kappa shape index (κ3) is 3.45. The van der Waals surface area contributed by atoms with Crippen molar-refractivity contribution in [3.05, 3.63) is 52.6 Å². The minimum Gasteiger partial charge on any atom is -0.387 e. The molecule has 1 aromatic carbocycles. The molecular formula is C11H14N2O3. The van der Waals surface area contributed by atoms with E-state index >= 15 is 0 Å². The molecule has 0 heterocycles. The number of non-ortho nitro benzene ring substituents is 1. The van der Waals surface area contributed by atoms with Gasteiger partial charge in [0, 0.05) is 25.2 Å². The highest BCUT2D eigenvalue weighted by Crippen LogP contribution is 2.16. The zero-order chi connectivity index (χ0) is 12.0. The van der Waals surface area contributed by atoms with E-state index in [1.165, 1.54) is 12.1 Å². The summed E-state index contributed by atoms with van der Waals surface area (Å²) in [4.78, 5) is 9.95. The summed E-state index contributed by atoms with van der Waals surface area (Å²) >= 11 is 0. The van der Waals surface area contributed by atoms with Gasteiger partial charge in [0.05, 0.1) is 11.0 Å². The minimum atomic E-state index is -0.666. The van der Waals surface area contributed by atoms with Gasteiger partial charge in [0.15, 0.2) is 0 Å². The van der Waals surface area contributed by atoms with Crippen LogP contribution in [0.4, 0.5) is 5.69 Å². The maximum atomic E-state index is 10.4. The fourth-order valence-corrected chi connectivity index (χ4v) is 1.26. The SMILES string of the molecule is C=CCNCC(O)c1ccc([N+](=O)[O-])cc1. The molecule has 0 fully saturated rings. The topological polar surface area (TPSA) is 75.4 Å². The van der Waals surface area contributed by atoms with E-state index in [2.05, 4.69) is 11.9 Å². The molecule has 16 heavy (non-hydrogen) atoms. The average Bonchev–Trinajstić information content (AvgIpc) is 2.29. The van der Waals surface area contributed by atoms with Gasteiger partial charge in [-0.1, -0.05) is 6.08 Å². The van der Waals surface area contributed by atoms with Crippen LogP contribution in [0.2, 0.25) is 0 Å². The van der Waals surface area contributed by atoms with Crippen LogP contribution in [-0.4, -0.2) is 23.1 Å². The molecule has 2 N–H and O–H groups in total. The van der Waals surface area contributed by atoms with Crippen molar-refractivity contribution >= 4 is 5.69 Å². The van der Waals surface area contributed by atoms with Gasteiger partial charge >= 0.3 is 0 Å². The van der Waals surface area contributed by atoms with Gasteiger partial charge in [-0.05, 0) is 17.7 Å². The highest BCUT2D eigenvalue weighted by Gasteiger charge is 2.09. The monoisotopic (exact) mass is 222 g/mol. The number of aliphatic hydroxyl groups is 1. The molecule has 0 aliphatic heterocycles. The summed E-state index contributed by atoms with van der Waals surface area (Å²) in [5, 5.41) is 23.1. The minimum absolute atomic E-state index is 0.0231. The molecule has 1 unspecified atom stereocenters. The first kappa shape index (κ1) is 12.4. The molecule has 0 amide bonds. The fraction of sp³-hybridized carbons (Fsp3) is 0.273. The summed E-state index contributed by atoms with van der Waals surface area (Å²) in [6.07, 6.45) is 1.03. The van der Waals surface area contributed by atoms with Crippen molar-refractivity contribution in [3.63, 3.8) is 0 Å². The number of rotatable bonds is 6. The van der Waals surface area contributed by atoms with Crippen LogP contribution in [0.5, 0.6) is 0 Å². The molecule has 5 heteroatoms. The summed E-state index contributed by atoms with van der Waals surface area (Å²) in [6.45, 7) is 4.55. The molecule has 1 atom stereocenters. The Bertz CT molecular complexity index is 362. The van der Waals surface area contributed by atoms with Gasteiger partial charge in [-0.25, -0.2) is 0 Å². The molecule has 0 saturated carbocycles. The lowest BCUT2D eigenvalue weighted by atomic mass is 10.1. The number of nitro groups is 1. The predicted molar refractivity (Wildman–Crippen MR) is 61.1 cm³/mol. The van der Waals surface area contributed by atoms with Gasteiger partial charge < -0.3 is 10.4 Å². The number of nitro benzene ring substituents is 1. The van der Waals surface area contributed by atoms with Gasteiger partial charge in [0.1, 0.15) is 0 Å². The van der Waals surface area contributed by atoms with E-state index in [0.717, 1.165) is 0 Å². The van der Waals surface area contributed by atoms with Gasteiger partial charge in [0.2, 0.25) is 0 Å². The zero-order valence-corrected chi connectivity index (χ0v) is 8.80. The number of hydrogen-bond donors (Lipinski definition) is 2. The Morgan fingerprint density at radius 1 is 1.50 bits per heavy atom. The van der Waals surface area contributed by atoms with Crippen molar-refractivity contribution in [2.75, 3.05) is 13.1 Å². The van der Waals surface area contributed by atoms with E-state index in [9.17, 15) is 15.2 Å².